The maximum absolute atomic E-state index is 12.5. The smallest absolute Gasteiger partial charge is 0.302 e. The van der Waals surface area contributed by atoms with Crippen LogP contribution in [0, 0.1) is 0 Å². The molecule has 0 aromatic heterocycles. The molecule has 0 unspecified atom stereocenters. The quantitative estimate of drug-likeness (QED) is 0.116. The zero-order valence-electron chi connectivity index (χ0n) is 29.4. The predicted molar refractivity (Wildman–Crippen MR) is 207 cm³/mol. The van der Waals surface area contributed by atoms with E-state index in [9.17, 15) is 14.4 Å². The Hall–Kier alpha value is -4.44. The first-order valence-corrected chi connectivity index (χ1v) is 18.0. The summed E-state index contributed by atoms with van der Waals surface area (Å²) in [5.41, 5.74) is 6.39. The number of hydrogen-bond acceptors (Lipinski definition) is 8. The van der Waals surface area contributed by atoms with Crippen molar-refractivity contribution in [3.63, 3.8) is 0 Å². The molecule has 0 amide bonds. The highest BCUT2D eigenvalue weighted by Gasteiger charge is 2.39. The van der Waals surface area contributed by atoms with Gasteiger partial charge in [-0.05, 0) is 72.4 Å². The normalized spacial score (nSPS) is 16.7. The summed E-state index contributed by atoms with van der Waals surface area (Å²) in [7, 11) is 0. The number of carbonyl (C=O) groups excluding carboxylic acids is 3. The van der Waals surface area contributed by atoms with Crippen LogP contribution in [0.2, 0.25) is 10.0 Å². The van der Waals surface area contributed by atoms with Crippen LogP contribution < -0.4 is 0 Å². The van der Waals surface area contributed by atoms with E-state index in [1.165, 1.54) is 41.3 Å². The third-order valence-electron chi connectivity index (χ3n) is 8.37. The van der Waals surface area contributed by atoms with E-state index in [0.717, 1.165) is 41.5 Å². The number of esters is 1. The van der Waals surface area contributed by atoms with Gasteiger partial charge in [0.25, 0.3) is 0 Å². The molecule has 10 heteroatoms. The van der Waals surface area contributed by atoms with Gasteiger partial charge in [0.2, 0.25) is 0 Å². The van der Waals surface area contributed by atoms with Crippen molar-refractivity contribution in [1.29, 1.82) is 0 Å². The average Bonchev–Trinajstić information content (AvgIpc) is 3.57. The SMILES string of the molecule is CCOC(C)=O.Clc1ccc2c(c1)CCN=C2.O=C(/C=C/CO)c1ccccc1.O=C(C[C@@H]1CO[C@H]2c3ccc(Cl)cc3CCN12)c1ccccc1. The minimum absolute atomic E-state index is 0.0374. The van der Waals surface area contributed by atoms with Crippen LogP contribution in [0.4, 0.5) is 0 Å². The first kappa shape index (κ1) is 40.3. The molecule has 3 heterocycles. The Morgan fingerprint density at radius 2 is 1.56 bits per heavy atom. The van der Waals surface area contributed by atoms with Crippen molar-refractivity contribution in [1.82, 2.24) is 4.90 Å². The second-order valence-electron chi connectivity index (χ2n) is 12.0. The van der Waals surface area contributed by atoms with Gasteiger partial charge in [0.05, 0.1) is 19.8 Å². The molecule has 4 aromatic rings. The molecule has 3 aliphatic rings. The van der Waals surface area contributed by atoms with Gasteiger partial charge in [-0.2, -0.15) is 0 Å². The summed E-state index contributed by atoms with van der Waals surface area (Å²) in [6.07, 6.45) is 7.14. The zero-order chi connectivity index (χ0) is 37.3. The monoisotopic (exact) mass is 742 g/mol. The van der Waals surface area contributed by atoms with Gasteiger partial charge in [-0.15, -0.1) is 0 Å². The lowest BCUT2D eigenvalue weighted by Gasteiger charge is -2.33. The Morgan fingerprint density at radius 1 is 0.904 bits per heavy atom. The van der Waals surface area contributed by atoms with E-state index in [4.69, 9.17) is 33.0 Å². The fourth-order valence-corrected chi connectivity index (χ4v) is 6.28. The molecule has 3 aliphatic heterocycles. The number of carbonyl (C=O) groups is 3. The highest BCUT2D eigenvalue weighted by Crippen LogP contribution is 2.38. The van der Waals surface area contributed by atoms with Crippen LogP contribution in [0.25, 0.3) is 0 Å². The van der Waals surface area contributed by atoms with E-state index in [0.29, 0.717) is 25.2 Å². The van der Waals surface area contributed by atoms with Gasteiger partial charge in [-0.25, -0.2) is 0 Å². The van der Waals surface area contributed by atoms with Crippen LogP contribution in [0.3, 0.4) is 0 Å². The molecule has 52 heavy (non-hydrogen) atoms. The number of allylic oxidation sites excluding steroid dienone is 1. The lowest BCUT2D eigenvalue weighted by Crippen LogP contribution is -2.39. The number of aliphatic hydroxyl groups excluding tert-OH is 1. The van der Waals surface area contributed by atoms with E-state index in [1.54, 1.807) is 31.2 Å². The van der Waals surface area contributed by atoms with Crippen LogP contribution in [-0.4, -0.2) is 72.7 Å². The first-order chi connectivity index (χ1) is 25.2. The van der Waals surface area contributed by atoms with Crippen molar-refractivity contribution in [2.75, 3.05) is 32.9 Å². The fraction of sp³-hybridized carbons (Fsp3) is 0.286. The molecular formula is C42H44Cl2N2O6. The number of rotatable bonds is 7. The lowest BCUT2D eigenvalue weighted by atomic mass is 9.96. The van der Waals surface area contributed by atoms with Crippen molar-refractivity contribution in [3.8, 4) is 0 Å². The number of ether oxygens (including phenoxy) is 2. The van der Waals surface area contributed by atoms with Gasteiger partial charge in [-0.3, -0.25) is 24.3 Å². The molecule has 1 saturated heterocycles. The molecule has 1 N–H and O–H groups in total. The number of ketones is 2. The van der Waals surface area contributed by atoms with Gasteiger partial charge in [0, 0.05) is 59.9 Å². The Labute approximate surface area is 315 Å². The molecule has 272 valence electrons. The molecule has 0 bridgehead atoms. The van der Waals surface area contributed by atoms with E-state index >= 15 is 0 Å². The highest BCUT2D eigenvalue weighted by atomic mass is 35.5. The summed E-state index contributed by atoms with van der Waals surface area (Å²) in [5.74, 6) is -0.107. The third kappa shape index (κ3) is 12.4. The molecule has 0 aliphatic carbocycles. The van der Waals surface area contributed by atoms with Gasteiger partial charge in [0.1, 0.15) is 6.23 Å². The number of hydrogen-bond donors (Lipinski definition) is 1. The van der Waals surface area contributed by atoms with E-state index in [2.05, 4.69) is 20.7 Å². The molecule has 2 atom stereocenters. The number of benzene rings is 4. The Balaban J connectivity index is 0.000000176. The second-order valence-corrected chi connectivity index (χ2v) is 12.9. The topological polar surface area (TPSA) is 106 Å². The molecule has 0 radical (unpaired) electrons. The standard InChI is InChI=1S/C19H18ClNO2.C10H10O2.C9H8ClN.C4H8O2/c20-15-6-7-17-14(10-15)8-9-21-16(12-23-19(17)21)11-18(22)13-4-2-1-3-5-13;11-8-4-7-10(12)9-5-2-1-3-6-9;10-9-2-1-8-6-11-4-3-7(8)5-9;1-3-6-4(2)5/h1-7,10,16,19H,8-9,11-12H2;1-7,11H,8H2;1-2,5-6H,3-4H2;3H2,1-2H3/b;7-4+;;/t16-,19+;;;/m1.../s1. The Bertz CT molecular complexity index is 1830. The van der Waals surface area contributed by atoms with Gasteiger partial charge in [-0.1, -0.05) is 102 Å². The molecule has 0 spiro atoms. The van der Waals surface area contributed by atoms with Gasteiger partial charge in [0.15, 0.2) is 11.6 Å². The summed E-state index contributed by atoms with van der Waals surface area (Å²) in [5, 5.41) is 10.0. The van der Waals surface area contributed by atoms with Crippen LogP contribution in [0.1, 0.15) is 69.5 Å². The molecule has 7 rings (SSSR count). The number of nitrogens with zero attached hydrogens (tertiary/aromatic N) is 2. The first-order valence-electron chi connectivity index (χ1n) is 17.2. The van der Waals surface area contributed by atoms with Crippen molar-refractivity contribution in [3.05, 3.63) is 153 Å². The van der Waals surface area contributed by atoms with Crippen LogP contribution >= 0.6 is 23.2 Å². The fourth-order valence-electron chi connectivity index (χ4n) is 5.89. The lowest BCUT2D eigenvalue weighted by molar-refractivity contribution is -0.140. The minimum Gasteiger partial charge on any atom is -0.466 e. The zero-order valence-corrected chi connectivity index (χ0v) is 30.9. The van der Waals surface area contributed by atoms with Crippen molar-refractivity contribution >= 4 is 47.0 Å². The van der Waals surface area contributed by atoms with E-state index in [1.807, 2.05) is 72.9 Å². The van der Waals surface area contributed by atoms with Crippen molar-refractivity contribution in [2.45, 2.75) is 45.4 Å². The van der Waals surface area contributed by atoms with E-state index in [-0.39, 0.29) is 36.4 Å². The summed E-state index contributed by atoms with van der Waals surface area (Å²) in [6.45, 7) is 5.96. The van der Waals surface area contributed by atoms with Crippen LogP contribution in [-0.2, 0) is 27.1 Å². The van der Waals surface area contributed by atoms with Crippen molar-refractivity contribution in [2.24, 2.45) is 4.99 Å². The summed E-state index contributed by atoms with van der Waals surface area (Å²) in [6, 6.07) is 30.5. The summed E-state index contributed by atoms with van der Waals surface area (Å²) >= 11 is 11.9. The Kier molecular flexibility index (Phi) is 16.4. The minimum atomic E-state index is -0.211. The largest absolute Gasteiger partial charge is 0.466 e. The highest BCUT2D eigenvalue weighted by molar-refractivity contribution is 6.31. The maximum atomic E-state index is 12.5. The van der Waals surface area contributed by atoms with Crippen LogP contribution in [0.5, 0.6) is 0 Å². The Morgan fingerprint density at radius 3 is 2.19 bits per heavy atom. The number of Topliss-reactive ketones (excluding diaryl/α,β-unsaturated/α-hetero) is 1. The summed E-state index contributed by atoms with van der Waals surface area (Å²) in [4.78, 5) is 40.0. The maximum Gasteiger partial charge on any atom is 0.302 e. The number of aliphatic hydroxyl groups is 1. The van der Waals surface area contributed by atoms with Gasteiger partial charge >= 0.3 is 5.97 Å². The third-order valence-corrected chi connectivity index (χ3v) is 8.84. The molecule has 4 aromatic carbocycles. The van der Waals surface area contributed by atoms with E-state index < -0.39 is 0 Å². The average molecular weight is 744 g/mol. The molecular weight excluding hydrogens is 699 g/mol. The predicted octanol–water partition coefficient (Wildman–Crippen LogP) is 8.17. The number of fused-ring (bicyclic) bond motifs is 4. The summed E-state index contributed by atoms with van der Waals surface area (Å²) < 4.78 is 10.4. The van der Waals surface area contributed by atoms with Crippen LogP contribution in [0.15, 0.2) is 114 Å². The number of aliphatic imine (C=N–C) groups is 1. The molecule has 8 nitrogen and oxygen atoms in total. The molecule has 0 saturated carbocycles. The van der Waals surface area contributed by atoms with Crippen molar-refractivity contribution < 1.29 is 29.0 Å². The second kappa shape index (κ2) is 21.2. The van der Waals surface area contributed by atoms with Gasteiger partial charge < -0.3 is 14.6 Å². The molecule has 1 fully saturated rings. The number of halogens is 2.